The van der Waals surface area contributed by atoms with Crippen molar-refractivity contribution in [1.82, 2.24) is 4.31 Å². The maximum absolute atomic E-state index is 12.6. The summed E-state index contributed by atoms with van der Waals surface area (Å²) in [5.74, 6) is 5.28. The molecular weight excluding hydrogens is 306 g/mol. The van der Waals surface area contributed by atoms with E-state index >= 15 is 0 Å². The molecule has 1 unspecified atom stereocenters. The first-order valence-corrected chi connectivity index (χ1v) is 8.84. The first kappa shape index (κ1) is 16.0. The molecule has 0 spiro atoms. The van der Waals surface area contributed by atoms with Gasteiger partial charge in [0.25, 0.3) is 0 Å². The largest absolute Gasteiger partial charge is 0.324 e. The second-order valence-electron chi connectivity index (χ2n) is 4.82. The van der Waals surface area contributed by atoms with Crippen molar-refractivity contribution in [2.75, 3.05) is 12.5 Å². The first-order valence-electron chi connectivity index (χ1n) is 6.52. The highest BCUT2D eigenvalue weighted by atomic mass is 32.2. The van der Waals surface area contributed by atoms with Gasteiger partial charge in [-0.15, -0.1) is 11.3 Å². The Bertz CT molecular complexity index is 667. The zero-order valence-electron chi connectivity index (χ0n) is 12.0. The highest BCUT2D eigenvalue weighted by molar-refractivity contribution is 7.89. The van der Waals surface area contributed by atoms with Gasteiger partial charge in [0, 0.05) is 23.7 Å². The molecule has 0 aliphatic heterocycles. The van der Waals surface area contributed by atoms with E-state index < -0.39 is 10.0 Å². The summed E-state index contributed by atoms with van der Waals surface area (Å²) in [6, 6.07) is 10.3. The first-order chi connectivity index (χ1) is 9.95. The number of nitrogens with one attached hydrogen (secondary N) is 1. The van der Waals surface area contributed by atoms with Crippen LogP contribution in [-0.4, -0.2) is 25.8 Å². The van der Waals surface area contributed by atoms with E-state index in [0.29, 0.717) is 12.1 Å². The van der Waals surface area contributed by atoms with Gasteiger partial charge in [0.1, 0.15) is 0 Å². The van der Waals surface area contributed by atoms with Gasteiger partial charge in [0.15, 0.2) is 0 Å². The van der Waals surface area contributed by atoms with Crippen LogP contribution < -0.4 is 11.3 Å². The van der Waals surface area contributed by atoms with Crippen molar-refractivity contribution < 1.29 is 8.42 Å². The summed E-state index contributed by atoms with van der Waals surface area (Å²) in [6.07, 6.45) is 0.704. The topological polar surface area (TPSA) is 75.4 Å². The number of sulfonamides is 1. The molecule has 1 aromatic carbocycles. The van der Waals surface area contributed by atoms with E-state index in [-0.39, 0.29) is 10.9 Å². The summed E-state index contributed by atoms with van der Waals surface area (Å²) < 4.78 is 26.6. The van der Waals surface area contributed by atoms with E-state index in [1.807, 2.05) is 24.4 Å². The van der Waals surface area contributed by atoms with Crippen LogP contribution >= 0.6 is 11.3 Å². The highest BCUT2D eigenvalue weighted by Gasteiger charge is 2.25. The van der Waals surface area contributed by atoms with Crippen molar-refractivity contribution in [3.63, 3.8) is 0 Å². The Hall–Kier alpha value is -1.41. The molecule has 1 heterocycles. The fourth-order valence-corrected chi connectivity index (χ4v) is 4.16. The molecule has 0 aliphatic carbocycles. The quantitative estimate of drug-likeness (QED) is 0.631. The third-order valence-corrected chi connectivity index (χ3v) is 6.28. The van der Waals surface area contributed by atoms with Gasteiger partial charge in [-0.05, 0) is 49.1 Å². The zero-order valence-corrected chi connectivity index (χ0v) is 13.6. The normalized spacial score (nSPS) is 13.3. The molecule has 3 N–H and O–H groups in total. The van der Waals surface area contributed by atoms with Gasteiger partial charge < -0.3 is 5.43 Å². The van der Waals surface area contributed by atoms with Crippen LogP contribution in [0, 0.1) is 0 Å². The molecule has 0 radical (unpaired) electrons. The fourth-order valence-electron chi connectivity index (χ4n) is 1.97. The molecule has 0 saturated carbocycles. The number of hydrazine groups is 1. The summed E-state index contributed by atoms with van der Waals surface area (Å²) in [4.78, 5) is 1.44. The third kappa shape index (κ3) is 3.62. The minimum Gasteiger partial charge on any atom is -0.324 e. The van der Waals surface area contributed by atoms with Crippen molar-refractivity contribution in [3.8, 4) is 0 Å². The smallest absolute Gasteiger partial charge is 0.243 e. The molecule has 0 aliphatic rings. The van der Waals surface area contributed by atoms with Crippen LogP contribution in [0.4, 0.5) is 5.69 Å². The Morgan fingerprint density at radius 1 is 1.29 bits per heavy atom. The molecule has 0 fully saturated rings. The van der Waals surface area contributed by atoms with Crippen LogP contribution in [0.15, 0.2) is 46.7 Å². The van der Waals surface area contributed by atoms with Gasteiger partial charge in [-0.2, -0.15) is 4.31 Å². The Kier molecular flexibility index (Phi) is 5.00. The van der Waals surface area contributed by atoms with Crippen LogP contribution in [0.3, 0.4) is 0 Å². The monoisotopic (exact) mass is 325 g/mol. The minimum absolute atomic E-state index is 0.110. The Balaban J connectivity index is 2.16. The zero-order chi connectivity index (χ0) is 15.5. The number of anilines is 1. The average Bonchev–Trinajstić information content (AvgIpc) is 2.99. The standard InChI is InChI=1S/C14H19N3O2S2/c1-11(10-13-4-3-9-20-13)17(2)21(18,19)14-7-5-12(16-15)6-8-14/h3-9,11,16H,10,15H2,1-2H3. The number of nitrogens with two attached hydrogens (primary N) is 1. The van der Waals surface area contributed by atoms with Gasteiger partial charge in [-0.25, -0.2) is 8.42 Å². The van der Waals surface area contributed by atoms with Crippen molar-refractivity contribution in [1.29, 1.82) is 0 Å². The lowest BCUT2D eigenvalue weighted by Crippen LogP contribution is -2.36. The molecule has 0 bridgehead atoms. The Morgan fingerprint density at radius 2 is 1.95 bits per heavy atom. The molecule has 1 atom stereocenters. The number of rotatable bonds is 6. The molecular formula is C14H19N3O2S2. The lowest BCUT2D eigenvalue weighted by molar-refractivity contribution is 0.388. The third-order valence-electron chi connectivity index (χ3n) is 3.40. The Morgan fingerprint density at radius 3 is 2.48 bits per heavy atom. The van der Waals surface area contributed by atoms with Crippen LogP contribution in [0.1, 0.15) is 11.8 Å². The van der Waals surface area contributed by atoms with Gasteiger partial charge in [-0.3, -0.25) is 5.84 Å². The van der Waals surface area contributed by atoms with E-state index in [1.54, 1.807) is 42.6 Å². The lowest BCUT2D eigenvalue weighted by atomic mass is 10.2. The second kappa shape index (κ2) is 6.57. The molecule has 2 rings (SSSR count). The summed E-state index contributed by atoms with van der Waals surface area (Å²) in [7, 11) is -1.88. The van der Waals surface area contributed by atoms with Crippen LogP contribution in [-0.2, 0) is 16.4 Å². The maximum atomic E-state index is 12.6. The van der Waals surface area contributed by atoms with Gasteiger partial charge in [0.2, 0.25) is 10.0 Å². The number of hydrogen-bond acceptors (Lipinski definition) is 5. The molecule has 0 saturated heterocycles. The number of hydrogen-bond donors (Lipinski definition) is 2. The van der Waals surface area contributed by atoms with Gasteiger partial charge >= 0.3 is 0 Å². The predicted octanol–water partition coefficient (Wildman–Crippen LogP) is 2.29. The summed E-state index contributed by atoms with van der Waals surface area (Å²) in [5.41, 5.74) is 3.15. The van der Waals surface area contributed by atoms with Crippen LogP contribution in [0.25, 0.3) is 0 Å². The number of likely N-dealkylation sites (N-methyl/N-ethyl adjacent to an activating group) is 1. The number of nitrogen functional groups attached to an aromatic ring is 1. The Labute approximate surface area is 129 Å². The SMILES string of the molecule is CC(Cc1cccs1)N(C)S(=O)(=O)c1ccc(NN)cc1. The van der Waals surface area contributed by atoms with Crippen molar-refractivity contribution in [2.45, 2.75) is 24.3 Å². The minimum atomic E-state index is -3.50. The molecule has 1 aromatic heterocycles. The second-order valence-corrected chi connectivity index (χ2v) is 7.85. The molecule has 0 amide bonds. The van der Waals surface area contributed by atoms with E-state index in [0.717, 1.165) is 0 Å². The molecule has 114 valence electrons. The van der Waals surface area contributed by atoms with Gasteiger partial charge in [0.05, 0.1) is 4.90 Å². The number of benzene rings is 1. The van der Waals surface area contributed by atoms with E-state index in [1.165, 1.54) is 9.18 Å². The van der Waals surface area contributed by atoms with Crippen molar-refractivity contribution in [2.24, 2.45) is 5.84 Å². The average molecular weight is 325 g/mol. The summed E-state index contributed by atoms with van der Waals surface area (Å²) >= 11 is 1.64. The maximum Gasteiger partial charge on any atom is 0.243 e. The number of thiophene rings is 1. The van der Waals surface area contributed by atoms with Crippen LogP contribution in [0.5, 0.6) is 0 Å². The van der Waals surface area contributed by atoms with Crippen LogP contribution in [0.2, 0.25) is 0 Å². The van der Waals surface area contributed by atoms with E-state index in [2.05, 4.69) is 5.43 Å². The predicted molar refractivity (Wildman–Crippen MR) is 86.7 cm³/mol. The fraction of sp³-hybridized carbons (Fsp3) is 0.286. The molecule has 21 heavy (non-hydrogen) atoms. The van der Waals surface area contributed by atoms with Crippen molar-refractivity contribution >= 4 is 27.0 Å². The van der Waals surface area contributed by atoms with E-state index in [9.17, 15) is 8.42 Å². The number of nitrogens with zero attached hydrogens (tertiary/aromatic N) is 1. The summed E-state index contributed by atoms with van der Waals surface area (Å²) in [6.45, 7) is 1.91. The molecule has 2 aromatic rings. The lowest BCUT2D eigenvalue weighted by Gasteiger charge is -2.24. The van der Waals surface area contributed by atoms with Crippen molar-refractivity contribution in [3.05, 3.63) is 46.7 Å². The highest BCUT2D eigenvalue weighted by Crippen LogP contribution is 2.21. The van der Waals surface area contributed by atoms with E-state index in [4.69, 9.17) is 5.84 Å². The van der Waals surface area contributed by atoms with Gasteiger partial charge in [-0.1, -0.05) is 6.07 Å². The molecule has 5 nitrogen and oxygen atoms in total. The summed E-state index contributed by atoms with van der Waals surface area (Å²) in [5, 5.41) is 2.00. The molecule has 7 heteroatoms.